The van der Waals surface area contributed by atoms with Crippen LogP contribution < -0.4 is 10.6 Å². The molecule has 1 unspecified atom stereocenters. The minimum atomic E-state index is -1.10. The molecule has 1 aromatic rings. The summed E-state index contributed by atoms with van der Waals surface area (Å²) in [6, 6.07) is 3.55. The van der Waals surface area contributed by atoms with E-state index in [1.807, 2.05) is 6.92 Å². The van der Waals surface area contributed by atoms with Crippen LogP contribution in [0.3, 0.4) is 0 Å². The third-order valence-electron chi connectivity index (χ3n) is 4.34. The van der Waals surface area contributed by atoms with Crippen molar-refractivity contribution in [1.82, 2.24) is 15.5 Å². The van der Waals surface area contributed by atoms with Crippen LogP contribution in [0, 0.1) is 5.92 Å². The van der Waals surface area contributed by atoms with E-state index in [2.05, 4.69) is 27.6 Å². The van der Waals surface area contributed by atoms with Crippen LogP contribution in [-0.2, 0) is 5.60 Å². The van der Waals surface area contributed by atoms with Crippen molar-refractivity contribution in [2.75, 3.05) is 39.8 Å². The second-order valence-corrected chi connectivity index (χ2v) is 6.57. The molecule has 138 valence electrons. The molecule has 1 aromatic heterocycles. The highest BCUT2D eigenvalue weighted by Crippen LogP contribution is 2.21. The summed E-state index contributed by atoms with van der Waals surface area (Å²) in [5.74, 6) is 1.96. The first kappa shape index (κ1) is 21.2. The van der Waals surface area contributed by atoms with Crippen molar-refractivity contribution in [2.45, 2.75) is 32.3 Å². The average Bonchev–Trinajstić information content (AvgIpc) is 3.07. The number of halogens is 1. The van der Waals surface area contributed by atoms with Gasteiger partial charge < -0.3 is 25.1 Å². The summed E-state index contributed by atoms with van der Waals surface area (Å²) in [6.07, 6.45) is 4.00. The number of aliphatic imine (C=N–C) groups is 1. The molecule has 0 amide bonds. The lowest BCUT2D eigenvalue weighted by molar-refractivity contribution is 0.0437. The topological polar surface area (TPSA) is 73.0 Å². The third-order valence-corrected chi connectivity index (χ3v) is 4.34. The Balaban J connectivity index is 0.00000288. The molecule has 0 saturated carbocycles. The van der Waals surface area contributed by atoms with Gasteiger partial charge in [0.2, 0.25) is 0 Å². The van der Waals surface area contributed by atoms with Crippen LogP contribution in [0.4, 0.5) is 0 Å². The van der Waals surface area contributed by atoms with Crippen LogP contribution in [0.2, 0.25) is 0 Å². The van der Waals surface area contributed by atoms with E-state index >= 15 is 0 Å². The molecule has 0 spiro atoms. The van der Waals surface area contributed by atoms with Gasteiger partial charge in [-0.05, 0) is 64.9 Å². The third kappa shape index (κ3) is 6.60. The summed E-state index contributed by atoms with van der Waals surface area (Å²) in [4.78, 5) is 6.89. The largest absolute Gasteiger partial charge is 0.466 e. The minimum absolute atomic E-state index is 0. The van der Waals surface area contributed by atoms with E-state index in [0.29, 0.717) is 11.7 Å². The zero-order valence-electron chi connectivity index (χ0n) is 14.9. The Morgan fingerprint density at radius 1 is 1.42 bits per heavy atom. The molecule has 3 N–H and O–H groups in total. The summed E-state index contributed by atoms with van der Waals surface area (Å²) in [6.45, 7) is 8.04. The molecule has 24 heavy (non-hydrogen) atoms. The molecular formula is C17H31IN4O2. The highest BCUT2D eigenvalue weighted by atomic mass is 127. The molecule has 2 heterocycles. The van der Waals surface area contributed by atoms with Gasteiger partial charge in [-0.2, -0.15) is 0 Å². The van der Waals surface area contributed by atoms with Crippen LogP contribution in [0.5, 0.6) is 0 Å². The smallest absolute Gasteiger partial charge is 0.191 e. The molecule has 0 aromatic carbocycles. The normalized spacial score (nSPS) is 19.4. The van der Waals surface area contributed by atoms with Gasteiger partial charge in [-0.1, -0.05) is 0 Å². The fourth-order valence-corrected chi connectivity index (χ4v) is 2.74. The predicted octanol–water partition coefficient (Wildman–Crippen LogP) is 2.00. The molecule has 1 aliphatic rings. The number of rotatable bonds is 6. The molecule has 1 aliphatic heterocycles. The molecule has 1 saturated heterocycles. The van der Waals surface area contributed by atoms with Crippen LogP contribution in [-0.4, -0.2) is 55.7 Å². The quantitative estimate of drug-likeness (QED) is 0.352. The molecule has 1 fully saturated rings. The van der Waals surface area contributed by atoms with E-state index in [1.165, 1.54) is 12.8 Å². The van der Waals surface area contributed by atoms with E-state index in [1.54, 1.807) is 25.3 Å². The van der Waals surface area contributed by atoms with Gasteiger partial charge >= 0.3 is 0 Å². The molecular weight excluding hydrogens is 419 g/mol. The summed E-state index contributed by atoms with van der Waals surface area (Å²) in [5, 5.41) is 17.1. The molecule has 2 rings (SSSR count). The van der Waals surface area contributed by atoms with E-state index < -0.39 is 5.60 Å². The maximum atomic E-state index is 10.5. The molecule has 0 aliphatic carbocycles. The number of likely N-dealkylation sites (tertiary alicyclic amines) is 1. The molecule has 0 bridgehead atoms. The van der Waals surface area contributed by atoms with Crippen molar-refractivity contribution in [1.29, 1.82) is 0 Å². The van der Waals surface area contributed by atoms with Gasteiger partial charge in [-0.15, -0.1) is 24.0 Å². The Hall–Kier alpha value is -0.800. The second kappa shape index (κ2) is 10.2. The van der Waals surface area contributed by atoms with Gasteiger partial charge in [-0.3, -0.25) is 0 Å². The summed E-state index contributed by atoms with van der Waals surface area (Å²) in [5.41, 5.74) is -1.10. The van der Waals surface area contributed by atoms with E-state index in [-0.39, 0.29) is 30.5 Å². The lowest BCUT2D eigenvalue weighted by atomic mass is 9.97. The van der Waals surface area contributed by atoms with Crippen molar-refractivity contribution in [3.8, 4) is 0 Å². The van der Waals surface area contributed by atoms with Gasteiger partial charge in [0.25, 0.3) is 0 Å². The fourth-order valence-electron chi connectivity index (χ4n) is 2.74. The van der Waals surface area contributed by atoms with E-state index in [0.717, 1.165) is 32.1 Å². The lowest BCUT2D eigenvalue weighted by Gasteiger charge is -2.29. The first-order valence-corrected chi connectivity index (χ1v) is 8.48. The number of hydrogen-bond donors (Lipinski definition) is 3. The number of hydrogen-bond acceptors (Lipinski definition) is 4. The number of nitrogens with zero attached hydrogens (tertiary/aromatic N) is 2. The highest BCUT2D eigenvalue weighted by molar-refractivity contribution is 14.0. The maximum absolute atomic E-state index is 10.5. The molecule has 6 nitrogen and oxygen atoms in total. The van der Waals surface area contributed by atoms with Crippen LogP contribution in [0.1, 0.15) is 32.4 Å². The van der Waals surface area contributed by atoms with Crippen molar-refractivity contribution in [3.63, 3.8) is 0 Å². The summed E-state index contributed by atoms with van der Waals surface area (Å²) >= 11 is 0. The Labute approximate surface area is 162 Å². The van der Waals surface area contributed by atoms with Crippen molar-refractivity contribution in [3.05, 3.63) is 24.2 Å². The van der Waals surface area contributed by atoms with E-state index in [9.17, 15) is 5.11 Å². The van der Waals surface area contributed by atoms with Crippen LogP contribution >= 0.6 is 24.0 Å². The average molecular weight is 450 g/mol. The first-order chi connectivity index (χ1) is 11.0. The van der Waals surface area contributed by atoms with Gasteiger partial charge in [0.05, 0.1) is 12.8 Å². The number of aliphatic hydroxyl groups is 1. The molecule has 0 radical (unpaired) electrons. The van der Waals surface area contributed by atoms with Crippen molar-refractivity contribution >= 4 is 29.9 Å². The minimum Gasteiger partial charge on any atom is -0.466 e. The first-order valence-electron chi connectivity index (χ1n) is 8.48. The standard InChI is InChI=1S/C17H30N4O2.HI/c1-4-18-16(19-12-14-7-9-21(3)10-8-14)20-13-17(2,22)15-6-5-11-23-15;/h5-6,11,14,22H,4,7-10,12-13H2,1-3H3,(H2,18,19,20);1H. The Bertz CT molecular complexity index is 483. The zero-order chi connectivity index (χ0) is 16.7. The Morgan fingerprint density at radius 2 is 2.12 bits per heavy atom. The molecule has 7 heteroatoms. The highest BCUT2D eigenvalue weighted by Gasteiger charge is 2.26. The number of piperidine rings is 1. The van der Waals surface area contributed by atoms with Gasteiger partial charge in [0, 0.05) is 13.1 Å². The van der Waals surface area contributed by atoms with Crippen LogP contribution in [0.25, 0.3) is 0 Å². The lowest BCUT2D eigenvalue weighted by Crippen LogP contribution is -2.43. The van der Waals surface area contributed by atoms with Crippen LogP contribution in [0.15, 0.2) is 27.8 Å². The fraction of sp³-hybridized carbons (Fsp3) is 0.706. The maximum Gasteiger partial charge on any atom is 0.191 e. The van der Waals surface area contributed by atoms with E-state index in [4.69, 9.17) is 4.42 Å². The predicted molar refractivity (Wildman–Crippen MR) is 108 cm³/mol. The number of guanidine groups is 1. The van der Waals surface area contributed by atoms with Crippen molar-refractivity contribution in [2.24, 2.45) is 10.9 Å². The second-order valence-electron chi connectivity index (χ2n) is 6.57. The van der Waals surface area contributed by atoms with Gasteiger partial charge in [0.1, 0.15) is 11.4 Å². The van der Waals surface area contributed by atoms with Gasteiger partial charge in [-0.25, -0.2) is 4.99 Å². The van der Waals surface area contributed by atoms with Crippen molar-refractivity contribution < 1.29 is 9.52 Å². The molecule has 1 atom stereocenters. The SMILES string of the molecule is CCNC(=NCC(C)(O)c1ccco1)NCC1CCN(C)CC1.I. The summed E-state index contributed by atoms with van der Waals surface area (Å²) in [7, 11) is 2.17. The number of nitrogens with one attached hydrogen (secondary N) is 2. The summed E-state index contributed by atoms with van der Waals surface area (Å²) < 4.78 is 5.29. The van der Waals surface area contributed by atoms with Gasteiger partial charge in [0.15, 0.2) is 5.96 Å². The zero-order valence-corrected chi connectivity index (χ0v) is 17.2. The number of furan rings is 1. The monoisotopic (exact) mass is 450 g/mol. The Morgan fingerprint density at radius 3 is 2.71 bits per heavy atom. The Kier molecular flexibility index (Phi) is 9.07.